The van der Waals surface area contributed by atoms with E-state index in [0.29, 0.717) is 6.04 Å². The molecule has 1 atom stereocenters. The van der Waals surface area contributed by atoms with Crippen LogP contribution in [0.25, 0.3) is 0 Å². The smallest absolute Gasteiger partial charge is 0.0419 e. The summed E-state index contributed by atoms with van der Waals surface area (Å²) in [6.07, 6.45) is 7.62. The highest BCUT2D eigenvalue weighted by molar-refractivity contribution is 5.15. The maximum atomic E-state index is 4.56. The van der Waals surface area contributed by atoms with Crippen LogP contribution in [0.4, 0.5) is 0 Å². The standard InChI is InChI=1S/C19H26N2/c1-3-16-12-13-19(21-15-16)14-18(20-2)11-7-10-17-8-5-4-6-9-17/h4-6,8-9,12-13,15,18,20H,3,7,10-11,14H2,1-2H3. The summed E-state index contributed by atoms with van der Waals surface area (Å²) in [4.78, 5) is 4.56. The van der Waals surface area contributed by atoms with E-state index in [2.05, 4.69) is 59.7 Å². The third-order valence-electron chi connectivity index (χ3n) is 4.02. The fourth-order valence-corrected chi connectivity index (χ4v) is 2.58. The van der Waals surface area contributed by atoms with Crippen LogP contribution in [0.15, 0.2) is 48.7 Å². The van der Waals surface area contributed by atoms with Crippen molar-refractivity contribution < 1.29 is 0 Å². The third kappa shape index (κ3) is 5.31. The Balaban J connectivity index is 1.79. The van der Waals surface area contributed by atoms with Crippen molar-refractivity contribution in [3.8, 4) is 0 Å². The Bertz CT molecular complexity index is 505. The summed E-state index contributed by atoms with van der Waals surface area (Å²) in [5, 5.41) is 3.43. The second-order valence-corrected chi connectivity index (χ2v) is 5.58. The molecule has 0 saturated heterocycles. The van der Waals surface area contributed by atoms with Gasteiger partial charge in [-0.2, -0.15) is 0 Å². The van der Waals surface area contributed by atoms with Gasteiger partial charge in [-0.15, -0.1) is 0 Å². The largest absolute Gasteiger partial charge is 0.317 e. The van der Waals surface area contributed by atoms with Gasteiger partial charge >= 0.3 is 0 Å². The zero-order valence-corrected chi connectivity index (χ0v) is 13.2. The van der Waals surface area contributed by atoms with E-state index < -0.39 is 0 Å². The summed E-state index contributed by atoms with van der Waals surface area (Å²) in [5.41, 5.74) is 3.92. The number of likely N-dealkylation sites (N-methyl/N-ethyl adjacent to an activating group) is 1. The number of aromatic nitrogens is 1. The first-order valence-electron chi connectivity index (χ1n) is 7.96. The van der Waals surface area contributed by atoms with Crippen molar-refractivity contribution in [3.63, 3.8) is 0 Å². The van der Waals surface area contributed by atoms with Crippen molar-refractivity contribution in [2.75, 3.05) is 7.05 Å². The van der Waals surface area contributed by atoms with Crippen LogP contribution in [0.2, 0.25) is 0 Å². The second kappa shape index (κ2) is 8.58. The van der Waals surface area contributed by atoms with Gasteiger partial charge in [-0.25, -0.2) is 0 Å². The zero-order valence-electron chi connectivity index (χ0n) is 13.2. The van der Waals surface area contributed by atoms with Gasteiger partial charge in [0.1, 0.15) is 0 Å². The Morgan fingerprint density at radius 1 is 1.05 bits per heavy atom. The highest BCUT2D eigenvalue weighted by Gasteiger charge is 2.08. The number of benzene rings is 1. The molecule has 0 amide bonds. The van der Waals surface area contributed by atoms with Crippen molar-refractivity contribution >= 4 is 0 Å². The highest BCUT2D eigenvalue weighted by Crippen LogP contribution is 2.10. The molecule has 1 N–H and O–H groups in total. The molecule has 0 fully saturated rings. The van der Waals surface area contributed by atoms with E-state index in [0.717, 1.165) is 19.3 Å². The number of pyridine rings is 1. The molecule has 2 heteroatoms. The van der Waals surface area contributed by atoms with Crippen LogP contribution in [0.3, 0.4) is 0 Å². The zero-order chi connectivity index (χ0) is 14.9. The lowest BCUT2D eigenvalue weighted by atomic mass is 10.0. The summed E-state index contributed by atoms with van der Waals surface area (Å²) in [7, 11) is 2.05. The molecule has 0 radical (unpaired) electrons. The van der Waals surface area contributed by atoms with E-state index in [1.165, 1.54) is 29.7 Å². The van der Waals surface area contributed by atoms with Crippen molar-refractivity contribution in [3.05, 3.63) is 65.5 Å². The lowest BCUT2D eigenvalue weighted by molar-refractivity contribution is 0.497. The van der Waals surface area contributed by atoms with E-state index in [4.69, 9.17) is 0 Å². The summed E-state index contributed by atoms with van der Waals surface area (Å²) in [6.45, 7) is 2.16. The minimum Gasteiger partial charge on any atom is -0.317 e. The molecule has 1 heterocycles. The highest BCUT2D eigenvalue weighted by atomic mass is 14.9. The molecule has 0 bridgehead atoms. The Hall–Kier alpha value is -1.67. The molecule has 2 rings (SSSR count). The van der Waals surface area contributed by atoms with Gasteiger partial charge in [-0.3, -0.25) is 4.98 Å². The number of aryl methyl sites for hydroxylation is 2. The monoisotopic (exact) mass is 282 g/mol. The van der Waals surface area contributed by atoms with Gasteiger partial charge in [0.25, 0.3) is 0 Å². The van der Waals surface area contributed by atoms with E-state index >= 15 is 0 Å². The van der Waals surface area contributed by atoms with Crippen LogP contribution < -0.4 is 5.32 Å². The van der Waals surface area contributed by atoms with Crippen LogP contribution in [-0.2, 0) is 19.3 Å². The minimum atomic E-state index is 0.508. The lowest BCUT2D eigenvalue weighted by Crippen LogP contribution is -2.28. The number of hydrogen-bond donors (Lipinski definition) is 1. The fourth-order valence-electron chi connectivity index (χ4n) is 2.58. The number of nitrogens with one attached hydrogen (secondary N) is 1. The Labute approximate surface area is 128 Å². The minimum absolute atomic E-state index is 0.508. The van der Waals surface area contributed by atoms with Crippen molar-refractivity contribution in [2.24, 2.45) is 0 Å². The van der Waals surface area contributed by atoms with Gasteiger partial charge in [0.2, 0.25) is 0 Å². The average Bonchev–Trinajstić information content (AvgIpc) is 2.55. The van der Waals surface area contributed by atoms with Gasteiger partial charge < -0.3 is 5.32 Å². The number of hydrogen-bond acceptors (Lipinski definition) is 2. The van der Waals surface area contributed by atoms with Gasteiger partial charge in [-0.1, -0.05) is 43.3 Å². The van der Waals surface area contributed by atoms with E-state index in [1.54, 1.807) is 0 Å². The van der Waals surface area contributed by atoms with Gasteiger partial charge in [0.05, 0.1) is 0 Å². The predicted molar refractivity (Wildman–Crippen MR) is 89.5 cm³/mol. The molecule has 1 aromatic carbocycles. The Morgan fingerprint density at radius 2 is 1.86 bits per heavy atom. The maximum Gasteiger partial charge on any atom is 0.0419 e. The SMILES string of the molecule is CCc1ccc(CC(CCCc2ccccc2)NC)nc1. The van der Waals surface area contributed by atoms with Crippen LogP contribution in [0.1, 0.15) is 36.6 Å². The molecule has 0 spiro atoms. The molecule has 0 aliphatic heterocycles. The van der Waals surface area contributed by atoms with Crippen LogP contribution >= 0.6 is 0 Å². The van der Waals surface area contributed by atoms with Gasteiger partial charge in [-0.05, 0) is 49.9 Å². The predicted octanol–water partition coefficient (Wildman–Crippen LogP) is 3.80. The van der Waals surface area contributed by atoms with Crippen LogP contribution in [0.5, 0.6) is 0 Å². The summed E-state index contributed by atoms with van der Waals surface area (Å²) in [5.74, 6) is 0. The van der Waals surface area contributed by atoms with Gasteiger partial charge in [0.15, 0.2) is 0 Å². The molecular formula is C19H26N2. The van der Waals surface area contributed by atoms with E-state index in [1.807, 2.05) is 13.2 Å². The van der Waals surface area contributed by atoms with E-state index in [9.17, 15) is 0 Å². The third-order valence-corrected chi connectivity index (χ3v) is 4.02. The lowest BCUT2D eigenvalue weighted by Gasteiger charge is -2.16. The Morgan fingerprint density at radius 3 is 2.48 bits per heavy atom. The topological polar surface area (TPSA) is 24.9 Å². The molecule has 1 aromatic heterocycles. The fraction of sp³-hybridized carbons (Fsp3) is 0.421. The normalized spacial score (nSPS) is 12.3. The maximum absolute atomic E-state index is 4.56. The first-order valence-corrected chi connectivity index (χ1v) is 7.96. The van der Waals surface area contributed by atoms with Crippen LogP contribution in [-0.4, -0.2) is 18.1 Å². The molecule has 2 nitrogen and oxygen atoms in total. The molecule has 0 aliphatic rings. The molecule has 2 aromatic rings. The molecule has 0 aliphatic carbocycles. The quantitative estimate of drug-likeness (QED) is 0.796. The number of rotatable bonds is 8. The van der Waals surface area contributed by atoms with Crippen molar-refractivity contribution in [1.82, 2.24) is 10.3 Å². The Kier molecular flexibility index (Phi) is 6.42. The van der Waals surface area contributed by atoms with Crippen molar-refractivity contribution in [2.45, 2.75) is 45.1 Å². The summed E-state index contributed by atoms with van der Waals surface area (Å²) >= 11 is 0. The average molecular weight is 282 g/mol. The van der Waals surface area contributed by atoms with Crippen LogP contribution in [0, 0.1) is 0 Å². The second-order valence-electron chi connectivity index (χ2n) is 5.58. The summed E-state index contributed by atoms with van der Waals surface area (Å²) < 4.78 is 0. The first-order chi connectivity index (χ1) is 10.3. The van der Waals surface area contributed by atoms with Crippen molar-refractivity contribution in [1.29, 1.82) is 0 Å². The molecule has 0 saturated carbocycles. The molecule has 21 heavy (non-hydrogen) atoms. The number of nitrogens with zero attached hydrogens (tertiary/aromatic N) is 1. The molecule has 1 unspecified atom stereocenters. The molecule has 112 valence electrons. The van der Waals surface area contributed by atoms with Gasteiger partial charge in [0, 0.05) is 24.4 Å². The molecular weight excluding hydrogens is 256 g/mol. The summed E-state index contributed by atoms with van der Waals surface area (Å²) in [6, 6.07) is 15.6. The van der Waals surface area contributed by atoms with E-state index in [-0.39, 0.29) is 0 Å². The first kappa shape index (κ1) is 15.7.